The van der Waals surface area contributed by atoms with Crippen molar-refractivity contribution in [2.24, 2.45) is 0 Å². The van der Waals surface area contributed by atoms with E-state index in [-0.39, 0.29) is 5.69 Å². The van der Waals surface area contributed by atoms with Gasteiger partial charge in [-0.05, 0) is 12.1 Å². The normalized spacial score (nSPS) is 10.5. The molecule has 3 rings (SSSR count). The van der Waals surface area contributed by atoms with Gasteiger partial charge in [-0.3, -0.25) is 10.1 Å². The lowest BCUT2D eigenvalue weighted by molar-refractivity contribution is -0.384. The third-order valence-corrected chi connectivity index (χ3v) is 3.35. The van der Waals surface area contributed by atoms with Crippen LogP contribution in [0, 0.1) is 10.1 Å². The van der Waals surface area contributed by atoms with E-state index in [4.69, 9.17) is 4.52 Å². The zero-order valence-electron chi connectivity index (χ0n) is 12.4. The van der Waals surface area contributed by atoms with Crippen molar-refractivity contribution in [1.29, 1.82) is 0 Å². The number of hydrogen-bond acceptors (Lipinski definition) is 6. The van der Waals surface area contributed by atoms with Crippen LogP contribution in [-0.4, -0.2) is 22.1 Å². The molecule has 2 aromatic carbocycles. The molecular formula is C16H14N4O3. The summed E-state index contributed by atoms with van der Waals surface area (Å²) in [6.45, 7) is 0.450. The number of nitro benzene ring substituents is 1. The number of non-ortho nitro benzene ring substituents is 1. The number of benzene rings is 2. The van der Waals surface area contributed by atoms with Gasteiger partial charge in [0.1, 0.15) is 0 Å². The molecule has 0 aliphatic carbocycles. The van der Waals surface area contributed by atoms with Gasteiger partial charge in [-0.2, -0.15) is 4.98 Å². The Morgan fingerprint density at radius 3 is 2.70 bits per heavy atom. The van der Waals surface area contributed by atoms with Crippen LogP contribution in [0.3, 0.4) is 0 Å². The summed E-state index contributed by atoms with van der Waals surface area (Å²) in [6.07, 6.45) is 0. The molecule has 7 nitrogen and oxygen atoms in total. The van der Waals surface area contributed by atoms with Gasteiger partial charge < -0.3 is 9.42 Å². The van der Waals surface area contributed by atoms with Crippen LogP contribution >= 0.6 is 0 Å². The van der Waals surface area contributed by atoms with Crippen LogP contribution in [0.5, 0.6) is 0 Å². The molecule has 0 aliphatic heterocycles. The lowest BCUT2D eigenvalue weighted by Gasteiger charge is -2.16. The van der Waals surface area contributed by atoms with Crippen LogP contribution in [-0.2, 0) is 6.54 Å². The summed E-state index contributed by atoms with van der Waals surface area (Å²) in [7, 11) is 1.92. The lowest BCUT2D eigenvalue weighted by atomic mass is 10.2. The second kappa shape index (κ2) is 6.27. The molecule has 0 fully saturated rings. The van der Waals surface area contributed by atoms with Crippen LogP contribution in [0.4, 0.5) is 11.4 Å². The van der Waals surface area contributed by atoms with E-state index in [9.17, 15) is 10.1 Å². The molecule has 0 saturated carbocycles. The number of nitrogens with zero attached hydrogens (tertiary/aromatic N) is 4. The molecule has 0 bridgehead atoms. The minimum absolute atomic E-state index is 0.00439. The number of para-hydroxylation sites is 1. The highest BCUT2D eigenvalue weighted by Gasteiger charge is 2.13. The summed E-state index contributed by atoms with van der Waals surface area (Å²) < 4.78 is 5.24. The van der Waals surface area contributed by atoms with Gasteiger partial charge in [0.05, 0.1) is 11.5 Å². The third kappa shape index (κ3) is 3.34. The van der Waals surface area contributed by atoms with Gasteiger partial charge in [0.15, 0.2) is 0 Å². The van der Waals surface area contributed by atoms with E-state index < -0.39 is 4.92 Å². The average Bonchev–Trinajstić information content (AvgIpc) is 3.04. The first-order chi connectivity index (χ1) is 11.1. The fraction of sp³-hybridized carbons (Fsp3) is 0.125. The molecule has 0 unspecified atom stereocenters. The van der Waals surface area contributed by atoms with Crippen LogP contribution in [0.15, 0.2) is 59.1 Å². The van der Waals surface area contributed by atoms with Crippen LogP contribution < -0.4 is 4.90 Å². The van der Waals surface area contributed by atoms with Crippen molar-refractivity contribution in [3.05, 3.63) is 70.6 Å². The van der Waals surface area contributed by atoms with Crippen molar-refractivity contribution >= 4 is 11.4 Å². The molecule has 1 heterocycles. The molecule has 1 aromatic heterocycles. The summed E-state index contributed by atoms with van der Waals surface area (Å²) in [4.78, 5) is 16.7. The molecule has 0 atom stereocenters. The zero-order chi connectivity index (χ0) is 16.2. The Hall–Kier alpha value is -3.22. The van der Waals surface area contributed by atoms with Crippen molar-refractivity contribution in [2.75, 3.05) is 11.9 Å². The van der Waals surface area contributed by atoms with E-state index in [2.05, 4.69) is 10.1 Å². The highest BCUT2D eigenvalue weighted by atomic mass is 16.6. The van der Waals surface area contributed by atoms with E-state index >= 15 is 0 Å². The molecule has 0 saturated heterocycles. The minimum Gasteiger partial charge on any atom is -0.365 e. The molecule has 116 valence electrons. The number of nitro groups is 1. The van der Waals surface area contributed by atoms with Crippen molar-refractivity contribution < 1.29 is 9.45 Å². The molecule has 7 heteroatoms. The Morgan fingerprint density at radius 2 is 1.96 bits per heavy atom. The summed E-state index contributed by atoms with van der Waals surface area (Å²) in [5, 5.41) is 14.7. The maximum Gasteiger partial charge on any atom is 0.270 e. The first kappa shape index (κ1) is 14.7. The van der Waals surface area contributed by atoms with Gasteiger partial charge in [0.2, 0.25) is 11.7 Å². The van der Waals surface area contributed by atoms with Crippen LogP contribution in [0.2, 0.25) is 0 Å². The van der Waals surface area contributed by atoms with E-state index in [1.165, 1.54) is 12.1 Å². The molecule has 0 radical (unpaired) electrons. The first-order valence-corrected chi connectivity index (χ1v) is 6.97. The predicted octanol–water partition coefficient (Wildman–Crippen LogP) is 3.28. The smallest absolute Gasteiger partial charge is 0.270 e. The fourth-order valence-corrected chi connectivity index (χ4v) is 2.17. The Kier molecular flexibility index (Phi) is 4.01. The summed E-state index contributed by atoms with van der Waals surface area (Å²) >= 11 is 0. The van der Waals surface area contributed by atoms with Crippen molar-refractivity contribution in [3.63, 3.8) is 0 Å². The van der Waals surface area contributed by atoms with Crippen LogP contribution in [0.25, 0.3) is 11.4 Å². The second-order valence-electron chi connectivity index (χ2n) is 5.01. The minimum atomic E-state index is -0.451. The van der Waals surface area contributed by atoms with E-state index in [0.717, 1.165) is 5.69 Å². The maximum atomic E-state index is 10.8. The largest absolute Gasteiger partial charge is 0.365 e. The monoisotopic (exact) mass is 310 g/mol. The maximum absolute atomic E-state index is 10.8. The molecule has 3 aromatic rings. The Bertz CT molecular complexity index is 817. The molecular weight excluding hydrogens is 296 g/mol. The molecule has 23 heavy (non-hydrogen) atoms. The SMILES string of the molecule is CN(Cc1nc(-c2cccc([N+](=O)[O-])c2)no1)c1ccccc1. The second-order valence-corrected chi connectivity index (χ2v) is 5.01. The number of rotatable bonds is 5. The highest BCUT2D eigenvalue weighted by Crippen LogP contribution is 2.22. The third-order valence-electron chi connectivity index (χ3n) is 3.35. The van der Waals surface area contributed by atoms with Crippen LogP contribution in [0.1, 0.15) is 5.89 Å². The van der Waals surface area contributed by atoms with E-state index in [0.29, 0.717) is 23.8 Å². The van der Waals surface area contributed by atoms with Crippen molar-refractivity contribution in [3.8, 4) is 11.4 Å². The van der Waals surface area contributed by atoms with Gasteiger partial charge in [0.25, 0.3) is 5.69 Å². The average molecular weight is 310 g/mol. The number of hydrogen-bond donors (Lipinski definition) is 0. The summed E-state index contributed by atoms with van der Waals surface area (Å²) in [6, 6.07) is 16.0. The van der Waals surface area contributed by atoms with Gasteiger partial charge in [-0.1, -0.05) is 35.5 Å². The number of anilines is 1. The van der Waals surface area contributed by atoms with Gasteiger partial charge in [-0.25, -0.2) is 0 Å². The highest BCUT2D eigenvalue weighted by molar-refractivity contribution is 5.58. The van der Waals surface area contributed by atoms with Crippen molar-refractivity contribution in [1.82, 2.24) is 10.1 Å². The van der Waals surface area contributed by atoms with Gasteiger partial charge in [-0.15, -0.1) is 0 Å². The van der Waals surface area contributed by atoms with E-state index in [1.54, 1.807) is 12.1 Å². The Balaban J connectivity index is 1.78. The van der Waals surface area contributed by atoms with Gasteiger partial charge >= 0.3 is 0 Å². The molecule has 0 amide bonds. The Labute approximate surface area is 132 Å². The van der Waals surface area contributed by atoms with Gasteiger partial charge in [0, 0.05) is 30.4 Å². The molecule has 0 spiro atoms. The first-order valence-electron chi connectivity index (χ1n) is 6.97. The fourth-order valence-electron chi connectivity index (χ4n) is 2.17. The summed E-state index contributed by atoms with van der Waals surface area (Å²) in [5.74, 6) is 0.781. The predicted molar refractivity (Wildman–Crippen MR) is 84.9 cm³/mol. The summed E-state index contributed by atoms with van der Waals surface area (Å²) in [5.41, 5.74) is 1.58. The van der Waals surface area contributed by atoms with E-state index in [1.807, 2.05) is 42.3 Å². The molecule has 0 aliphatic rings. The molecule has 0 N–H and O–H groups in total. The zero-order valence-corrected chi connectivity index (χ0v) is 12.4. The quantitative estimate of drug-likeness (QED) is 0.531. The Morgan fingerprint density at radius 1 is 1.17 bits per heavy atom. The topological polar surface area (TPSA) is 85.3 Å². The number of aromatic nitrogens is 2. The van der Waals surface area contributed by atoms with Crippen molar-refractivity contribution in [2.45, 2.75) is 6.54 Å². The standard InChI is InChI=1S/C16H14N4O3/c1-19(13-7-3-2-4-8-13)11-15-17-16(18-23-15)12-6-5-9-14(10-12)20(21)22/h2-10H,11H2,1H3. The lowest BCUT2D eigenvalue weighted by Crippen LogP contribution is -2.16.